The molecular formula is C13H29F5OSSi. The molecule has 0 rings (SSSR count). The maximum atomic E-state index is 13.1. The van der Waals surface area contributed by atoms with E-state index in [2.05, 4.69) is 0 Å². The van der Waals surface area contributed by atoms with Gasteiger partial charge in [-0.1, -0.05) is 78.1 Å². The van der Waals surface area contributed by atoms with Gasteiger partial charge in [-0.2, -0.15) is 0 Å². The lowest BCUT2D eigenvalue weighted by Gasteiger charge is -2.49. The smallest absolute Gasteiger partial charge is 0.290 e. The highest BCUT2D eigenvalue weighted by molar-refractivity contribution is 8.46. The van der Waals surface area contributed by atoms with Crippen LogP contribution in [0.25, 0.3) is 0 Å². The first kappa shape index (κ1) is 21.2. The molecule has 2 atom stereocenters. The number of unbranched alkanes of at least 4 members (excludes halogenated alkanes) is 4. The van der Waals surface area contributed by atoms with Crippen LogP contribution < -0.4 is 0 Å². The molecule has 0 heterocycles. The molecule has 0 saturated carbocycles. The fourth-order valence-corrected chi connectivity index (χ4v) is 5.43. The molecule has 0 fully saturated rings. The van der Waals surface area contributed by atoms with E-state index in [0.717, 1.165) is 19.3 Å². The van der Waals surface area contributed by atoms with Gasteiger partial charge in [-0.15, -0.1) is 0 Å². The number of rotatable bonds is 10. The van der Waals surface area contributed by atoms with Crippen molar-refractivity contribution in [3.63, 3.8) is 0 Å². The summed E-state index contributed by atoms with van der Waals surface area (Å²) in [4.78, 5) is 0. The van der Waals surface area contributed by atoms with Crippen LogP contribution in [0, 0.1) is 0 Å². The summed E-state index contributed by atoms with van der Waals surface area (Å²) >= 11 is 0. The van der Waals surface area contributed by atoms with Gasteiger partial charge in [-0.25, -0.2) is 0 Å². The highest BCUT2D eigenvalue weighted by Crippen LogP contribution is 3.01. The van der Waals surface area contributed by atoms with Crippen molar-refractivity contribution in [1.29, 1.82) is 0 Å². The van der Waals surface area contributed by atoms with Crippen LogP contribution in [0.2, 0.25) is 25.7 Å². The minimum Gasteiger partial charge on any atom is -0.392 e. The summed E-state index contributed by atoms with van der Waals surface area (Å²) in [5, 5.41) is 6.91. The molecule has 8 heteroatoms. The summed E-state index contributed by atoms with van der Waals surface area (Å²) in [5.41, 5.74) is 0. The number of aliphatic hydroxyl groups excluding tert-OH is 1. The van der Waals surface area contributed by atoms with Crippen molar-refractivity contribution in [2.45, 2.75) is 82.5 Å². The quantitative estimate of drug-likeness (QED) is 0.262. The molecule has 2 unspecified atom stereocenters. The predicted octanol–water partition coefficient (Wildman–Crippen LogP) is 6.71. The number of hydrogen-bond acceptors (Lipinski definition) is 1. The largest absolute Gasteiger partial charge is 0.392 e. The van der Waals surface area contributed by atoms with E-state index in [4.69, 9.17) is 0 Å². The standard InChI is InChI=1S/C13H29F5OSSi/c1-5-6-7-8-9-10-13(20(14,15,16,17)18)12(19)11-21(2,3)4/h12-13,19H,5-11H2,1-4H3. The molecule has 0 aliphatic carbocycles. The molecule has 0 aromatic heterocycles. The van der Waals surface area contributed by atoms with Crippen molar-refractivity contribution in [3.8, 4) is 0 Å². The summed E-state index contributed by atoms with van der Waals surface area (Å²) in [6, 6.07) is -0.155. The van der Waals surface area contributed by atoms with E-state index < -0.39 is 36.1 Å². The first-order valence-electron chi connectivity index (χ1n) is 7.48. The Balaban J connectivity index is 4.90. The van der Waals surface area contributed by atoms with Crippen molar-refractivity contribution >= 4 is 18.3 Å². The van der Waals surface area contributed by atoms with Crippen LogP contribution >= 0.6 is 10.2 Å². The lowest BCUT2D eigenvalue weighted by Crippen LogP contribution is -2.41. The van der Waals surface area contributed by atoms with Gasteiger partial charge in [0.25, 0.3) is 10.2 Å². The number of aliphatic hydroxyl groups is 1. The molecule has 1 N–H and O–H groups in total. The van der Waals surface area contributed by atoms with Crippen LogP contribution in [0.1, 0.15) is 45.4 Å². The number of halogens is 5. The SMILES string of the molecule is CCCCCCCC(C(O)C[Si](C)(C)C)S(F)(F)(F)(F)F. The van der Waals surface area contributed by atoms with Gasteiger partial charge in [0.2, 0.25) is 0 Å². The average molecular weight is 357 g/mol. The fraction of sp³-hybridized carbons (Fsp3) is 1.00. The van der Waals surface area contributed by atoms with Crippen molar-refractivity contribution in [2.24, 2.45) is 0 Å². The molecule has 0 amide bonds. The Morgan fingerprint density at radius 2 is 1.38 bits per heavy atom. The topological polar surface area (TPSA) is 20.2 Å². The predicted molar refractivity (Wildman–Crippen MR) is 84.5 cm³/mol. The molecule has 0 aromatic carbocycles. The first-order chi connectivity index (χ1) is 9.06. The van der Waals surface area contributed by atoms with Crippen molar-refractivity contribution < 1.29 is 24.5 Å². The van der Waals surface area contributed by atoms with Crippen LogP contribution in [-0.2, 0) is 0 Å². The second-order valence-corrected chi connectivity index (χ2v) is 15.3. The lowest BCUT2D eigenvalue weighted by molar-refractivity contribution is 0.159. The fourth-order valence-electron chi connectivity index (χ4n) is 2.42. The highest BCUT2D eigenvalue weighted by Gasteiger charge is 2.71. The highest BCUT2D eigenvalue weighted by atomic mass is 32.5. The minimum atomic E-state index is -9.66. The maximum absolute atomic E-state index is 13.1. The Morgan fingerprint density at radius 3 is 1.76 bits per heavy atom. The molecule has 0 saturated heterocycles. The Kier molecular flexibility index (Phi) is 6.41. The average Bonchev–Trinajstić information content (AvgIpc) is 2.16. The van der Waals surface area contributed by atoms with Gasteiger partial charge in [0.05, 0.1) is 6.10 Å². The van der Waals surface area contributed by atoms with E-state index in [-0.39, 0.29) is 12.5 Å². The van der Waals surface area contributed by atoms with Crippen molar-refractivity contribution in [1.82, 2.24) is 0 Å². The van der Waals surface area contributed by atoms with Gasteiger partial charge in [-0.3, -0.25) is 0 Å². The Morgan fingerprint density at radius 1 is 0.905 bits per heavy atom. The molecule has 132 valence electrons. The summed E-state index contributed by atoms with van der Waals surface area (Å²) in [7, 11) is -11.7. The van der Waals surface area contributed by atoms with E-state index >= 15 is 0 Å². The van der Waals surface area contributed by atoms with Crippen LogP contribution in [0.5, 0.6) is 0 Å². The summed E-state index contributed by atoms with van der Waals surface area (Å²) < 4.78 is 65.7. The summed E-state index contributed by atoms with van der Waals surface area (Å²) in [5.74, 6) is 0. The van der Waals surface area contributed by atoms with Gasteiger partial charge in [-0.05, 0) is 12.5 Å². The van der Waals surface area contributed by atoms with Crippen LogP contribution in [0.15, 0.2) is 0 Å². The van der Waals surface area contributed by atoms with Crippen LogP contribution in [-0.4, -0.2) is 24.5 Å². The third-order valence-corrected chi connectivity index (χ3v) is 6.75. The molecule has 21 heavy (non-hydrogen) atoms. The van der Waals surface area contributed by atoms with Gasteiger partial charge in [0, 0.05) is 8.07 Å². The summed E-state index contributed by atoms with van der Waals surface area (Å²) in [6.45, 7) is 7.26. The Bertz CT molecular complexity index is 324. The molecule has 0 aromatic rings. The van der Waals surface area contributed by atoms with Crippen molar-refractivity contribution in [2.75, 3.05) is 0 Å². The van der Waals surface area contributed by atoms with Gasteiger partial charge in [0.1, 0.15) is 5.25 Å². The Labute approximate surface area is 126 Å². The second-order valence-electron chi connectivity index (χ2n) is 7.10. The first-order valence-corrected chi connectivity index (χ1v) is 13.2. The van der Waals surface area contributed by atoms with Crippen molar-refractivity contribution in [3.05, 3.63) is 0 Å². The van der Waals surface area contributed by atoms with Gasteiger partial charge >= 0.3 is 0 Å². The van der Waals surface area contributed by atoms with E-state index in [1.165, 1.54) is 0 Å². The Hall–Kier alpha value is 0.177. The lowest BCUT2D eigenvalue weighted by atomic mass is 10.1. The third kappa shape index (κ3) is 9.73. The molecule has 0 aliphatic heterocycles. The van der Waals surface area contributed by atoms with Gasteiger partial charge < -0.3 is 5.11 Å². The monoisotopic (exact) mass is 356 g/mol. The molecular weight excluding hydrogens is 327 g/mol. The molecule has 0 spiro atoms. The second kappa shape index (κ2) is 6.35. The third-order valence-electron chi connectivity index (χ3n) is 3.42. The molecule has 0 aliphatic rings. The van der Waals surface area contributed by atoms with Gasteiger partial charge in [0.15, 0.2) is 0 Å². The zero-order valence-corrected chi connectivity index (χ0v) is 15.2. The molecule has 1 nitrogen and oxygen atoms in total. The van der Waals surface area contributed by atoms with E-state index in [1.54, 1.807) is 19.6 Å². The van der Waals surface area contributed by atoms with E-state index in [1.807, 2.05) is 6.92 Å². The molecule has 0 bridgehead atoms. The van der Waals surface area contributed by atoms with E-state index in [0.29, 0.717) is 6.42 Å². The molecule has 0 radical (unpaired) electrons. The zero-order valence-electron chi connectivity index (χ0n) is 13.3. The van der Waals surface area contributed by atoms with Crippen LogP contribution in [0.4, 0.5) is 19.4 Å². The zero-order chi connectivity index (χ0) is 17.0. The van der Waals surface area contributed by atoms with Crippen LogP contribution in [0.3, 0.4) is 0 Å². The van der Waals surface area contributed by atoms with E-state index in [9.17, 15) is 24.5 Å². The number of hydrogen-bond donors (Lipinski definition) is 1. The normalized spacial score (nSPS) is 19.7. The summed E-state index contributed by atoms with van der Waals surface area (Å²) in [6.07, 6.45) is 0.485. The minimum absolute atomic E-state index is 0.0824. The maximum Gasteiger partial charge on any atom is 0.290 e.